The first-order valence-electron chi connectivity index (χ1n) is 20.8. The largest absolute Gasteiger partial charge is 1.00 e. The number of aryl methyl sites for hydroxylation is 2. The molecule has 2 unspecified atom stereocenters. The molecule has 2 aromatic carbocycles. The Bertz CT molecular complexity index is 1650. The van der Waals surface area contributed by atoms with Gasteiger partial charge in [0.25, 0.3) is 0 Å². The highest BCUT2D eigenvalue weighted by Crippen LogP contribution is 2.52. The Morgan fingerprint density at radius 2 is 0.982 bits per heavy atom. The summed E-state index contributed by atoms with van der Waals surface area (Å²) in [4.78, 5) is 10.5. The van der Waals surface area contributed by atoms with Gasteiger partial charge in [0.1, 0.15) is 11.5 Å². The molecule has 55 heavy (non-hydrogen) atoms. The molecule has 6 aliphatic rings. The van der Waals surface area contributed by atoms with Crippen LogP contribution in [0.3, 0.4) is 0 Å². The Kier molecular flexibility index (Phi) is 12.8. The summed E-state index contributed by atoms with van der Waals surface area (Å²) in [7, 11) is 4.53. The Morgan fingerprint density at radius 3 is 1.38 bits per heavy atom. The van der Waals surface area contributed by atoms with Gasteiger partial charge in [-0.25, -0.2) is 0 Å². The number of rotatable bonds is 8. The third kappa shape index (κ3) is 8.55. The summed E-state index contributed by atoms with van der Waals surface area (Å²) in [6.07, 6.45) is 8.07. The molecule has 2 bridgehead atoms. The van der Waals surface area contributed by atoms with Gasteiger partial charge in [-0.3, -0.25) is 33.5 Å². The predicted octanol–water partition coefficient (Wildman–Crippen LogP) is 0.473. The van der Waals surface area contributed by atoms with Gasteiger partial charge in [-0.1, -0.05) is 53.7 Å². The van der Waals surface area contributed by atoms with Gasteiger partial charge in [0.05, 0.1) is 90.7 Å². The van der Waals surface area contributed by atoms with E-state index in [4.69, 9.17) is 14.2 Å². The molecule has 2 atom stereocenters. The van der Waals surface area contributed by atoms with Gasteiger partial charge in [0.15, 0.2) is 0 Å². The number of ether oxygens (including phenoxy) is 3. The number of hydrogen-bond acceptors (Lipinski definition) is 7. The number of benzene rings is 2. The highest BCUT2D eigenvalue weighted by Gasteiger charge is 2.42. The molecule has 2 fully saturated rings. The van der Waals surface area contributed by atoms with E-state index >= 15 is 0 Å². The van der Waals surface area contributed by atoms with Crippen LogP contribution in [0.1, 0.15) is 126 Å². The van der Waals surface area contributed by atoms with Crippen LogP contribution in [0.5, 0.6) is 11.5 Å². The molecular weight excluding hydrogens is 820 g/mol. The van der Waals surface area contributed by atoms with Crippen molar-refractivity contribution in [2.75, 3.05) is 79.5 Å². The van der Waals surface area contributed by atoms with Gasteiger partial charge in [0, 0.05) is 25.7 Å². The van der Waals surface area contributed by atoms with Gasteiger partial charge >= 0.3 is 11.9 Å². The van der Waals surface area contributed by atoms with Crippen LogP contribution in [0.4, 0.5) is 0 Å². The van der Waals surface area contributed by atoms with E-state index < -0.39 is 12.6 Å². The van der Waals surface area contributed by atoms with E-state index in [1.165, 1.54) is 86.0 Å². The van der Waals surface area contributed by atoms with Crippen LogP contribution in [-0.2, 0) is 28.4 Å². The molecule has 6 aliphatic heterocycles. The summed E-state index contributed by atoms with van der Waals surface area (Å²) in [5, 5.41) is 0. The lowest BCUT2D eigenvalue weighted by atomic mass is 9.83. The fourth-order valence-corrected chi connectivity index (χ4v) is 9.59. The van der Waals surface area contributed by atoms with E-state index in [0.717, 1.165) is 87.6 Å². The van der Waals surface area contributed by atoms with Crippen molar-refractivity contribution in [2.45, 2.75) is 116 Å². The minimum absolute atomic E-state index is 0. The quantitative estimate of drug-likeness (QED) is 0.358. The molecule has 304 valence electrons. The summed E-state index contributed by atoms with van der Waals surface area (Å²) in [6.45, 7) is 25.2. The van der Waals surface area contributed by atoms with Crippen LogP contribution in [0, 0.1) is 0 Å². The van der Waals surface area contributed by atoms with Crippen molar-refractivity contribution in [1.29, 1.82) is 0 Å². The molecule has 8 rings (SSSR count). The van der Waals surface area contributed by atoms with E-state index in [1.807, 2.05) is 0 Å². The van der Waals surface area contributed by atoms with Crippen LogP contribution in [0.2, 0.25) is 0 Å². The fraction of sp³-hybridized carbons (Fsp3) is 0.682. The molecule has 2 saturated heterocycles. The van der Waals surface area contributed by atoms with Gasteiger partial charge in [-0.15, -0.1) is 0 Å². The van der Waals surface area contributed by atoms with E-state index in [-0.39, 0.29) is 44.8 Å². The highest BCUT2D eigenvalue weighted by molar-refractivity contribution is 5.77. The van der Waals surface area contributed by atoms with Crippen molar-refractivity contribution in [3.8, 4) is 11.5 Å². The predicted molar refractivity (Wildman–Crippen MR) is 212 cm³/mol. The number of hydrogen-bond donors (Lipinski definition) is 0. The minimum atomic E-state index is -0.485. The first kappa shape index (κ1) is 42.1. The van der Waals surface area contributed by atoms with Gasteiger partial charge in [0.2, 0.25) is 12.6 Å². The molecule has 0 aliphatic carbocycles. The fourth-order valence-electron chi connectivity index (χ4n) is 9.59. The third-order valence-electron chi connectivity index (χ3n) is 12.4. The normalized spacial score (nSPS) is 22.1. The van der Waals surface area contributed by atoms with E-state index in [9.17, 15) is 0 Å². The summed E-state index contributed by atoms with van der Waals surface area (Å²) in [5.74, 6) is 4.80. The molecule has 11 heteroatoms. The zero-order chi connectivity index (χ0) is 37.1. The Hall–Kier alpha value is -2.50. The lowest BCUT2D eigenvalue weighted by Gasteiger charge is -2.41. The van der Waals surface area contributed by atoms with E-state index in [1.54, 1.807) is 0 Å². The Labute approximate surface area is 352 Å². The molecule has 6 heterocycles. The smallest absolute Gasteiger partial charge is 0.350 e. The second-order valence-electron chi connectivity index (χ2n) is 18.7. The monoisotopic (exact) mass is 884 g/mol. The van der Waals surface area contributed by atoms with Crippen LogP contribution in [-0.4, -0.2) is 120 Å². The average molecular weight is 887 g/mol. The van der Waals surface area contributed by atoms with Gasteiger partial charge in [-0.05, 0) is 70.9 Å². The molecule has 0 aromatic heterocycles. The number of fused-ring (bicyclic) bond motifs is 8. The maximum absolute atomic E-state index is 7.01. The van der Waals surface area contributed by atoms with Crippen molar-refractivity contribution in [3.05, 3.63) is 57.6 Å². The molecule has 0 spiro atoms. The maximum Gasteiger partial charge on any atom is 0.350 e. The lowest BCUT2D eigenvalue weighted by molar-refractivity contribution is -0.515. The first-order chi connectivity index (χ1) is 25.3. The summed E-state index contributed by atoms with van der Waals surface area (Å²) >= 11 is 0. The molecule has 2 aromatic rings. The topological polar surface area (TPSA) is 46.7 Å². The molecule has 0 radical (unpaired) electrons. The van der Waals surface area contributed by atoms with Crippen molar-refractivity contribution in [3.63, 3.8) is 0 Å². The van der Waals surface area contributed by atoms with Crippen LogP contribution in [0.25, 0.3) is 0 Å². The maximum atomic E-state index is 7.01. The number of guanidine groups is 2. The highest BCUT2D eigenvalue weighted by atomic mass is 79.9. The Balaban J connectivity index is 0.00000257. The summed E-state index contributed by atoms with van der Waals surface area (Å²) < 4.78 is 25.6. The number of halogens is 2. The summed E-state index contributed by atoms with van der Waals surface area (Å²) in [5.41, 5.74) is 7.22. The van der Waals surface area contributed by atoms with Crippen molar-refractivity contribution in [1.82, 2.24) is 19.6 Å². The standard InChI is InChI=1S/C44H66N6O3.2BrH/c1-43(2,3)33-27-31(15-9-19-47-23-13-25-49-21-11-17-45(7)41(47)49)37-35(29-33)39-52-38-32(28-34(44(4,5)6)30-36(38)40(51-37)53-39)16-10-20-48-24-14-26-50-22-12-18-46(8)42(48)50;;/h27-30,39-40H,9-26H2,1-8H3;2*1H/q+2;;/p-2. The van der Waals surface area contributed by atoms with Gasteiger partial charge < -0.3 is 43.4 Å². The molecular formula is C44H66Br2N6O3. The average Bonchev–Trinajstić information content (AvgIpc) is 3.11. The van der Waals surface area contributed by atoms with Crippen LogP contribution >= 0.6 is 0 Å². The first-order valence-corrected chi connectivity index (χ1v) is 20.8. The van der Waals surface area contributed by atoms with Crippen molar-refractivity contribution >= 4 is 11.9 Å². The lowest BCUT2D eigenvalue weighted by Crippen LogP contribution is -3.00. The second kappa shape index (κ2) is 16.8. The van der Waals surface area contributed by atoms with E-state index in [0.29, 0.717) is 0 Å². The SMILES string of the molecule is C[N+]1=C2N(CCCc3cc(C(C)(C)C)cc4c3OC3OC4Oc4c(CCCN5CCCN6CCC[N+](C)=C56)cc(C(C)(C)C)cc43)CCCN2CCC1.[Br-].[Br-]. The number of nitrogens with zero attached hydrogens (tertiary/aromatic N) is 6. The molecule has 9 nitrogen and oxygen atoms in total. The van der Waals surface area contributed by atoms with Crippen molar-refractivity contribution < 1.29 is 57.3 Å². The third-order valence-corrected chi connectivity index (χ3v) is 12.4. The van der Waals surface area contributed by atoms with Crippen LogP contribution in [0.15, 0.2) is 24.3 Å². The van der Waals surface area contributed by atoms with Gasteiger partial charge in [-0.2, -0.15) is 0 Å². The second-order valence-corrected chi connectivity index (χ2v) is 18.7. The molecule has 0 N–H and O–H groups in total. The molecule has 0 amide bonds. The van der Waals surface area contributed by atoms with Crippen LogP contribution < -0.4 is 43.4 Å². The summed E-state index contributed by atoms with van der Waals surface area (Å²) in [6, 6.07) is 9.40. The zero-order valence-electron chi connectivity index (χ0n) is 34.9. The van der Waals surface area contributed by atoms with E-state index in [2.05, 4.69) is 109 Å². The Morgan fingerprint density at radius 1 is 0.582 bits per heavy atom. The molecule has 0 saturated carbocycles. The van der Waals surface area contributed by atoms with Crippen molar-refractivity contribution in [2.24, 2.45) is 0 Å². The minimum Gasteiger partial charge on any atom is -1.00 e. The zero-order valence-corrected chi connectivity index (χ0v) is 38.0.